The summed E-state index contributed by atoms with van der Waals surface area (Å²) in [7, 11) is 0. The Morgan fingerprint density at radius 3 is 2.77 bits per heavy atom. The Morgan fingerprint density at radius 2 is 2.23 bits per heavy atom. The highest BCUT2D eigenvalue weighted by Gasteiger charge is 2.28. The fourth-order valence-corrected chi connectivity index (χ4v) is 1.93. The number of unbranched alkanes of at least 4 members (excludes halogenated alkanes) is 1. The van der Waals surface area contributed by atoms with E-state index in [1.807, 2.05) is 6.92 Å². The summed E-state index contributed by atoms with van der Waals surface area (Å²) in [6, 6.07) is 0. The number of aliphatic imine (C=N–C) groups is 3. The largest absolute Gasteiger partial charge is 0.394 e. The van der Waals surface area contributed by atoms with Gasteiger partial charge in [0.15, 0.2) is 5.84 Å². The molecule has 0 saturated heterocycles. The lowest BCUT2D eigenvalue weighted by molar-refractivity contribution is 0.182. The molecule has 6 nitrogen and oxygen atoms in total. The third kappa shape index (κ3) is 5.07. The second-order valence-electron chi connectivity index (χ2n) is 5.52. The van der Waals surface area contributed by atoms with E-state index < -0.39 is 11.4 Å². The highest BCUT2D eigenvalue weighted by atomic mass is 19.1. The van der Waals surface area contributed by atoms with Crippen LogP contribution in [0.15, 0.2) is 39.3 Å². The molecular weight excluding hydrogens is 285 g/mol. The van der Waals surface area contributed by atoms with Crippen molar-refractivity contribution in [2.45, 2.75) is 45.6 Å². The zero-order chi connectivity index (χ0) is 16.8. The van der Waals surface area contributed by atoms with Gasteiger partial charge in [-0.15, -0.1) is 0 Å². The van der Waals surface area contributed by atoms with Crippen molar-refractivity contribution in [3.8, 4) is 0 Å². The van der Waals surface area contributed by atoms with Crippen molar-refractivity contribution in [3.63, 3.8) is 0 Å². The number of nitrogens with zero attached hydrogens (tertiary/aromatic N) is 3. The summed E-state index contributed by atoms with van der Waals surface area (Å²) in [4.78, 5) is 12.1. The normalized spacial score (nSPS) is 20.5. The van der Waals surface area contributed by atoms with Crippen LogP contribution in [0.3, 0.4) is 0 Å². The first-order valence-corrected chi connectivity index (χ1v) is 7.23. The predicted octanol–water partition coefficient (Wildman–Crippen LogP) is 2.03. The maximum atomic E-state index is 12.9. The van der Waals surface area contributed by atoms with E-state index in [2.05, 4.69) is 33.8 Å². The molecule has 1 atom stereocenters. The fraction of sp³-hybridized carbons (Fsp3) is 0.533. The summed E-state index contributed by atoms with van der Waals surface area (Å²) in [6.07, 6.45) is 3.76. The van der Waals surface area contributed by atoms with Crippen molar-refractivity contribution in [1.29, 1.82) is 0 Å². The van der Waals surface area contributed by atoms with Gasteiger partial charge >= 0.3 is 0 Å². The number of rotatable bonds is 6. The van der Waals surface area contributed by atoms with E-state index in [0.29, 0.717) is 17.2 Å². The number of amidine groups is 1. The minimum absolute atomic E-state index is 0.0446. The Balaban J connectivity index is 3.10. The van der Waals surface area contributed by atoms with Crippen LogP contribution in [0.5, 0.6) is 0 Å². The Bertz CT molecular complexity index is 546. The fourth-order valence-electron chi connectivity index (χ4n) is 1.93. The number of aliphatic hydroxyl groups is 1. The van der Waals surface area contributed by atoms with Crippen LogP contribution in [-0.4, -0.2) is 34.8 Å². The maximum absolute atomic E-state index is 12.9. The summed E-state index contributed by atoms with van der Waals surface area (Å²) < 4.78 is 12.9. The molecule has 1 rings (SSSR count). The van der Waals surface area contributed by atoms with Crippen LogP contribution in [-0.2, 0) is 0 Å². The molecule has 0 bridgehead atoms. The quantitative estimate of drug-likeness (QED) is 0.700. The van der Waals surface area contributed by atoms with E-state index in [4.69, 9.17) is 5.73 Å². The smallest absolute Gasteiger partial charge is 0.222 e. The van der Waals surface area contributed by atoms with Gasteiger partial charge in [0, 0.05) is 0 Å². The number of guanidine groups is 1. The molecule has 0 fully saturated rings. The molecule has 122 valence electrons. The highest BCUT2D eigenvalue weighted by molar-refractivity contribution is 6.50. The van der Waals surface area contributed by atoms with Crippen molar-refractivity contribution in [2.24, 2.45) is 20.7 Å². The maximum Gasteiger partial charge on any atom is 0.222 e. The number of aliphatic hydroxyl groups excluding tert-OH is 1. The molecule has 0 radical (unpaired) electrons. The average molecular weight is 309 g/mol. The number of nitrogens with two attached hydrogens (primary N) is 1. The van der Waals surface area contributed by atoms with Gasteiger partial charge in [-0.1, -0.05) is 26.3 Å². The molecule has 0 spiro atoms. The molecular formula is C15H24FN5O. The Kier molecular flexibility index (Phi) is 6.42. The topological polar surface area (TPSA) is 95.4 Å². The molecule has 1 aliphatic heterocycles. The van der Waals surface area contributed by atoms with Gasteiger partial charge in [0.2, 0.25) is 5.96 Å². The Hall–Kier alpha value is -2.02. The van der Waals surface area contributed by atoms with Gasteiger partial charge in [0.1, 0.15) is 11.5 Å². The first-order valence-electron chi connectivity index (χ1n) is 7.23. The van der Waals surface area contributed by atoms with Gasteiger partial charge in [0.05, 0.1) is 24.0 Å². The average Bonchev–Trinajstić information content (AvgIpc) is 2.43. The summed E-state index contributed by atoms with van der Waals surface area (Å²) in [5.41, 5.74) is 5.67. The number of hydrogen-bond donors (Lipinski definition) is 3. The molecule has 0 amide bonds. The SMILES string of the molecule is C=C1N=C(N)N=C(N[C@@](C)(CO)CCCC)/C1=N/C=C(\C)F. The van der Waals surface area contributed by atoms with Crippen molar-refractivity contribution >= 4 is 17.5 Å². The minimum atomic E-state index is -0.581. The highest BCUT2D eigenvalue weighted by Crippen LogP contribution is 2.16. The summed E-state index contributed by atoms with van der Waals surface area (Å²) in [5, 5.41) is 12.8. The zero-order valence-electron chi connectivity index (χ0n) is 13.4. The standard InChI is InChI=1S/C15H24FN5O/c1-5-6-7-15(4,9-22)21-13-12(18-8-10(2)16)11(3)19-14(17)20-13/h8,22H,3,5-7,9H2,1-2,4H3,(H3,17,19,20,21)/b10-8+,18-12+/t15-/m1/s1. The first kappa shape index (κ1) is 18.0. The van der Waals surface area contributed by atoms with Crippen LogP contribution >= 0.6 is 0 Å². The van der Waals surface area contributed by atoms with Crippen LogP contribution < -0.4 is 11.1 Å². The van der Waals surface area contributed by atoms with Gasteiger partial charge in [-0.2, -0.15) is 4.99 Å². The molecule has 0 unspecified atom stereocenters. The molecule has 4 N–H and O–H groups in total. The lowest BCUT2D eigenvalue weighted by atomic mass is 9.95. The first-order chi connectivity index (χ1) is 10.3. The molecule has 0 aliphatic carbocycles. The van der Waals surface area contributed by atoms with E-state index >= 15 is 0 Å². The lowest BCUT2D eigenvalue weighted by Gasteiger charge is -2.31. The van der Waals surface area contributed by atoms with E-state index in [1.54, 1.807) is 0 Å². The van der Waals surface area contributed by atoms with Crippen molar-refractivity contribution in [2.75, 3.05) is 6.61 Å². The summed E-state index contributed by atoms with van der Waals surface area (Å²) >= 11 is 0. The molecule has 22 heavy (non-hydrogen) atoms. The second kappa shape index (κ2) is 7.84. The molecule has 7 heteroatoms. The van der Waals surface area contributed by atoms with Crippen molar-refractivity contribution < 1.29 is 9.50 Å². The monoisotopic (exact) mass is 309 g/mol. The van der Waals surface area contributed by atoms with Crippen LogP contribution in [0.2, 0.25) is 0 Å². The van der Waals surface area contributed by atoms with Gasteiger partial charge in [0.25, 0.3) is 0 Å². The molecule has 0 saturated carbocycles. The van der Waals surface area contributed by atoms with Crippen LogP contribution in [0.1, 0.15) is 40.0 Å². The van der Waals surface area contributed by atoms with E-state index in [0.717, 1.165) is 25.5 Å². The second-order valence-corrected chi connectivity index (χ2v) is 5.52. The third-order valence-corrected chi connectivity index (χ3v) is 3.20. The Morgan fingerprint density at radius 1 is 1.55 bits per heavy atom. The number of allylic oxidation sites excluding steroid dienone is 1. The zero-order valence-corrected chi connectivity index (χ0v) is 13.4. The third-order valence-electron chi connectivity index (χ3n) is 3.20. The summed E-state index contributed by atoms with van der Waals surface area (Å²) in [6.45, 7) is 8.92. The number of nitrogens with one attached hydrogen (secondary N) is 1. The lowest BCUT2D eigenvalue weighted by Crippen LogP contribution is -2.52. The van der Waals surface area contributed by atoms with Crippen molar-refractivity contribution in [3.05, 3.63) is 24.3 Å². The molecule has 1 aliphatic rings. The Labute approximate surface area is 130 Å². The van der Waals surface area contributed by atoms with E-state index in [-0.39, 0.29) is 12.6 Å². The van der Waals surface area contributed by atoms with Gasteiger partial charge in [-0.05, 0) is 20.3 Å². The van der Waals surface area contributed by atoms with Crippen LogP contribution in [0, 0.1) is 0 Å². The molecule has 0 aromatic heterocycles. The molecule has 1 heterocycles. The van der Waals surface area contributed by atoms with Crippen LogP contribution in [0.25, 0.3) is 0 Å². The predicted molar refractivity (Wildman–Crippen MR) is 88.6 cm³/mol. The summed E-state index contributed by atoms with van der Waals surface area (Å²) in [5.74, 6) is -0.0658. The van der Waals surface area contributed by atoms with Crippen LogP contribution in [0.4, 0.5) is 4.39 Å². The number of hydrogen-bond acceptors (Lipinski definition) is 6. The van der Waals surface area contributed by atoms with Gasteiger partial charge in [-0.25, -0.2) is 14.4 Å². The number of halogens is 1. The molecule has 0 aromatic rings. The van der Waals surface area contributed by atoms with E-state index in [1.165, 1.54) is 6.92 Å². The van der Waals surface area contributed by atoms with Gasteiger partial charge < -0.3 is 16.2 Å². The minimum Gasteiger partial charge on any atom is -0.394 e. The van der Waals surface area contributed by atoms with Gasteiger partial charge in [-0.3, -0.25) is 0 Å². The van der Waals surface area contributed by atoms with E-state index in [9.17, 15) is 9.50 Å². The van der Waals surface area contributed by atoms with Crippen molar-refractivity contribution in [1.82, 2.24) is 5.32 Å². The molecule has 0 aromatic carbocycles.